The molecule has 7 heteroatoms. The highest BCUT2D eigenvalue weighted by atomic mass is 16.5. The van der Waals surface area contributed by atoms with Crippen LogP contribution in [0.25, 0.3) is 0 Å². The average molecular weight is 513 g/mol. The quantitative estimate of drug-likeness (QED) is 0.409. The summed E-state index contributed by atoms with van der Waals surface area (Å²) >= 11 is 0. The molecule has 2 N–H and O–H groups in total. The number of methoxy groups -OCH3 is 2. The van der Waals surface area contributed by atoms with Crippen LogP contribution in [0.15, 0.2) is 42.5 Å². The Labute approximate surface area is 222 Å². The molecule has 1 saturated heterocycles. The van der Waals surface area contributed by atoms with E-state index in [0.717, 1.165) is 68.3 Å². The van der Waals surface area contributed by atoms with E-state index >= 15 is 0 Å². The SMILES string of the molecule is COCCCN1CCOc2ccc(CO[C@H]3CN[C@@H](CC(O)C(C)C)C[C@@H]3c3ccc(OC)cc3)cc21. The molecule has 0 radical (unpaired) electrons. The third kappa shape index (κ3) is 7.38. The van der Waals surface area contributed by atoms with E-state index in [0.29, 0.717) is 13.2 Å². The van der Waals surface area contributed by atoms with Gasteiger partial charge in [-0.3, -0.25) is 0 Å². The zero-order valence-corrected chi connectivity index (χ0v) is 22.8. The van der Waals surface area contributed by atoms with Gasteiger partial charge in [0.1, 0.15) is 18.1 Å². The molecule has 7 nitrogen and oxygen atoms in total. The molecular formula is C30H44N2O5. The average Bonchev–Trinajstić information content (AvgIpc) is 2.92. The molecule has 4 atom stereocenters. The van der Waals surface area contributed by atoms with Crippen LogP contribution in [-0.2, 0) is 16.1 Å². The van der Waals surface area contributed by atoms with Crippen molar-refractivity contribution in [2.75, 3.05) is 52.0 Å². The number of anilines is 1. The molecule has 0 spiro atoms. The van der Waals surface area contributed by atoms with Gasteiger partial charge in [0.25, 0.3) is 0 Å². The summed E-state index contributed by atoms with van der Waals surface area (Å²) in [7, 11) is 3.44. The van der Waals surface area contributed by atoms with Gasteiger partial charge in [-0.25, -0.2) is 0 Å². The first-order valence-electron chi connectivity index (χ1n) is 13.6. The lowest BCUT2D eigenvalue weighted by molar-refractivity contribution is -0.00352. The lowest BCUT2D eigenvalue weighted by Crippen LogP contribution is -2.48. The second-order valence-corrected chi connectivity index (χ2v) is 10.6. The van der Waals surface area contributed by atoms with Gasteiger partial charge in [0.2, 0.25) is 0 Å². The van der Waals surface area contributed by atoms with Crippen molar-refractivity contribution in [3.05, 3.63) is 53.6 Å². The lowest BCUT2D eigenvalue weighted by atomic mass is 9.82. The van der Waals surface area contributed by atoms with Crippen molar-refractivity contribution < 1.29 is 24.1 Å². The summed E-state index contributed by atoms with van der Waals surface area (Å²) in [5, 5.41) is 14.1. The first-order valence-corrected chi connectivity index (χ1v) is 13.6. The Morgan fingerprint density at radius 2 is 1.95 bits per heavy atom. The molecule has 0 amide bonds. The molecule has 37 heavy (non-hydrogen) atoms. The third-order valence-electron chi connectivity index (χ3n) is 7.66. The van der Waals surface area contributed by atoms with Gasteiger partial charge in [-0.2, -0.15) is 0 Å². The highest BCUT2D eigenvalue weighted by Crippen LogP contribution is 2.35. The molecule has 204 valence electrons. The second kappa shape index (κ2) is 13.5. The fourth-order valence-electron chi connectivity index (χ4n) is 5.33. The third-order valence-corrected chi connectivity index (χ3v) is 7.66. The zero-order valence-electron chi connectivity index (χ0n) is 22.8. The summed E-state index contributed by atoms with van der Waals surface area (Å²) in [5.41, 5.74) is 3.53. The topological polar surface area (TPSA) is 72.4 Å². The first-order chi connectivity index (χ1) is 18.0. The van der Waals surface area contributed by atoms with Crippen molar-refractivity contribution in [2.45, 2.75) is 63.9 Å². The molecule has 4 rings (SSSR count). The van der Waals surface area contributed by atoms with E-state index in [2.05, 4.69) is 54.4 Å². The molecule has 2 aliphatic rings. The molecule has 1 unspecified atom stereocenters. The van der Waals surface area contributed by atoms with E-state index in [1.165, 1.54) is 5.56 Å². The van der Waals surface area contributed by atoms with E-state index in [1.54, 1.807) is 14.2 Å². The minimum Gasteiger partial charge on any atom is -0.497 e. The van der Waals surface area contributed by atoms with Crippen molar-refractivity contribution in [1.29, 1.82) is 0 Å². The normalized spacial score (nSPS) is 22.4. The highest BCUT2D eigenvalue weighted by molar-refractivity contribution is 5.61. The fourth-order valence-corrected chi connectivity index (χ4v) is 5.33. The Kier molecular flexibility index (Phi) is 10.1. The Hall–Kier alpha value is -2.32. The summed E-state index contributed by atoms with van der Waals surface area (Å²) in [6.45, 7) is 8.74. The Morgan fingerprint density at radius 1 is 1.14 bits per heavy atom. The van der Waals surface area contributed by atoms with Crippen LogP contribution in [0.2, 0.25) is 0 Å². The summed E-state index contributed by atoms with van der Waals surface area (Å²) in [6.07, 6.45) is 2.38. The van der Waals surface area contributed by atoms with Gasteiger partial charge in [0.15, 0.2) is 0 Å². The summed E-state index contributed by atoms with van der Waals surface area (Å²) in [6, 6.07) is 15.0. The van der Waals surface area contributed by atoms with Gasteiger partial charge in [-0.05, 0) is 60.6 Å². The first kappa shape index (κ1) is 27.7. The van der Waals surface area contributed by atoms with Crippen molar-refractivity contribution in [3.8, 4) is 11.5 Å². The molecule has 2 aromatic carbocycles. The summed E-state index contributed by atoms with van der Waals surface area (Å²) < 4.78 is 23.1. The number of piperidine rings is 1. The number of aliphatic hydroxyl groups excluding tert-OH is 1. The summed E-state index contributed by atoms with van der Waals surface area (Å²) in [5.74, 6) is 2.28. The number of aliphatic hydroxyl groups is 1. The van der Waals surface area contributed by atoms with E-state index in [4.69, 9.17) is 18.9 Å². The monoisotopic (exact) mass is 512 g/mol. The minimum atomic E-state index is -0.309. The van der Waals surface area contributed by atoms with Crippen molar-refractivity contribution in [2.24, 2.45) is 5.92 Å². The van der Waals surface area contributed by atoms with Gasteiger partial charge in [0, 0.05) is 38.8 Å². The number of hydrogen-bond acceptors (Lipinski definition) is 7. The number of nitrogens with one attached hydrogen (secondary N) is 1. The van der Waals surface area contributed by atoms with E-state index < -0.39 is 0 Å². The van der Waals surface area contributed by atoms with Crippen LogP contribution in [0.3, 0.4) is 0 Å². The van der Waals surface area contributed by atoms with E-state index in [9.17, 15) is 5.11 Å². The number of fused-ring (bicyclic) bond motifs is 1. The standard InChI is InChI=1S/C30H44N2O5/c1-21(2)28(33)18-24-17-26(23-7-9-25(35-4)10-8-23)30(19-31-24)37-20-22-6-11-29-27(16-22)32(13-15-36-29)12-5-14-34-3/h6-11,16,21,24,26,28,30-31,33H,5,12-15,17-20H2,1-4H3/t24-,26-,28?,30+/m1/s1. The van der Waals surface area contributed by atoms with Crippen molar-refractivity contribution in [1.82, 2.24) is 5.32 Å². The molecule has 0 aliphatic carbocycles. The smallest absolute Gasteiger partial charge is 0.142 e. The Morgan fingerprint density at radius 3 is 2.68 bits per heavy atom. The van der Waals surface area contributed by atoms with Crippen LogP contribution >= 0.6 is 0 Å². The maximum Gasteiger partial charge on any atom is 0.142 e. The number of benzene rings is 2. The molecule has 0 aromatic heterocycles. The number of ether oxygens (including phenoxy) is 4. The number of hydrogen-bond donors (Lipinski definition) is 2. The maximum absolute atomic E-state index is 10.5. The highest BCUT2D eigenvalue weighted by Gasteiger charge is 2.33. The molecule has 0 bridgehead atoms. The van der Waals surface area contributed by atoms with Crippen LogP contribution < -0.4 is 19.7 Å². The lowest BCUT2D eigenvalue weighted by Gasteiger charge is -2.38. The molecule has 2 aromatic rings. The predicted octanol–water partition coefficient (Wildman–Crippen LogP) is 4.37. The summed E-state index contributed by atoms with van der Waals surface area (Å²) in [4.78, 5) is 2.38. The molecular weight excluding hydrogens is 468 g/mol. The molecule has 1 fully saturated rings. The van der Waals surface area contributed by atoms with Crippen LogP contribution in [-0.4, -0.2) is 70.4 Å². The van der Waals surface area contributed by atoms with Gasteiger partial charge in [-0.15, -0.1) is 0 Å². The largest absolute Gasteiger partial charge is 0.497 e. The molecule has 2 aliphatic heterocycles. The maximum atomic E-state index is 10.5. The van der Waals surface area contributed by atoms with Gasteiger partial charge in [-0.1, -0.05) is 32.0 Å². The predicted molar refractivity (Wildman–Crippen MR) is 147 cm³/mol. The molecule has 0 saturated carbocycles. The Bertz CT molecular complexity index is 967. The van der Waals surface area contributed by atoms with Crippen LogP contribution in [0.4, 0.5) is 5.69 Å². The van der Waals surface area contributed by atoms with Gasteiger partial charge in [0.05, 0.1) is 38.2 Å². The molecule has 2 heterocycles. The second-order valence-electron chi connectivity index (χ2n) is 10.6. The van der Waals surface area contributed by atoms with Crippen LogP contribution in [0, 0.1) is 5.92 Å². The fraction of sp³-hybridized carbons (Fsp3) is 0.600. The van der Waals surface area contributed by atoms with E-state index in [-0.39, 0.29) is 30.1 Å². The number of nitrogens with zero attached hydrogens (tertiary/aromatic N) is 1. The van der Waals surface area contributed by atoms with Crippen LogP contribution in [0.1, 0.15) is 50.2 Å². The van der Waals surface area contributed by atoms with Gasteiger partial charge < -0.3 is 34.3 Å². The van der Waals surface area contributed by atoms with Gasteiger partial charge >= 0.3 is 0 Å². The van der Waals surface area contributed by atoms with Crippen molar-refractivity contribution >= 4 is 5.69 Å². The Balaban J connectivity index is 1.45. The zero-order chi connectivity index (χ0) is 26.2. The van der Waals surface area contributed by atoms with Crippen LogP contribution in [0.5, 0.6) is 11.5 Å². The minimum absolute atomic E-state index is 0.0333. The van der Waals surface area contributed by atoms with Crippen molar-refractivity contribution in [3.63, 3.8) is 0 Å². The number of rotatable bonds is 12. The van der Waals surface area contributed by atoms with E-state index in [1.807, 2.05) is 12.1 Å².